The summed E-state index contributed by atoms with van der Waals surface area (Å²) in [5.41, 5.74) is 2.68. The van der Waals surface area contributed by atoms with Crippen LogP contribution in [-0.4, -0.2) is 79.0 Å². The number of anilines is 1. The van der Waals surface area contributed by atoms with Crippen LogP contribution >= 0.6 is 0 Å². The number of hydrogen-bond donors (Lipinski definition) is 1. The summed E-state index contributed by atoms with van der Waals surface area (Å²) < 4.78 is 63.6. The quantitative estimate of drug-likeness (QED) is 0.372. The van der Waals surface area contributed by atoms with Crippen molar-refractivity contribution in [2.75, 3.05) is 25.5 Å². The van der Waals surface area contributed by atoms with Gasteiger partial charge in [0.05, 0.1) is 25.2 Å². The normalized spacial score (nSPS) is 17.6. The molecule has 0 aliphatic carbocycles. The van der Waals surface area contributed by atoms with Crippen LogP contribution in [0.4, 0.5) is 23.5 Å². The van der Waals surface area contributed by atoms with E-state index in [0.717, 1.165) is 4.68 Å². The average molecular weight is 520 g/mol. The number of fused-ring (bicyclic) bond motifs is 2. The number of ether oxygens (including phenoxy) is 1. The third-order valence-electron chi connectivity index (χ3n) is 6.37. The van der Waals surface area contributed by atoms with E-state index < -0.39 is 31.5 Å². The number of amides is 1. The third-order valence-corrected chi connectivity index (χ3v) is 6.37. The third kappa shape index (κ3) is 4.62. The largest absolute Gasteiger partial charge is 0.479 e. The molecule has 1 amide bonds. The van der Waals surface area contributed by atoms with Crippen LogP contribution in [0.1, 0.15) is 19.8 Å². The molecule has 1 aliphatic heterocycles. The number of alkyl halides is 4. The zero-order chi connectivity index (χ0) is 26.3. The van der Waals surface area contributed by atoms with Gasteiger partial charge in [-0.2, -0.15) is 4.98 Å². The lowest BCUT2D eigenvalue weighted by Crippen LogP contribution is -2.56. The Balaban J connectivity index is 1.46. The molecule has 10 nitrogen and oxygen atoms in total. The van der Waals surface area contributed by atoms with Crippen molar-refractivity contribution in [3.8, 4) is 17.0 Å². The highest BCUT2D eigenvalue weighted by Gasteiger charge is 2.46. The maximum Gasteiger partial charge on any atom is 0.285 e. The van der Waals surface area contributed by atoms with Crippen LogP contribution in [0.15, 0.2) is 30.5 Å². The summed E-state index contributed by atoms with van der Waals surface area (Å²) in [4.78, 5) is 17.4. The summed E-state index contributed by atoms with van der Waals surface area (Å²) in [5, 5.41) is 14.8. The van der Waals surface area contributed by atoms with Crippen LogP contribution in [0, 0.1) is 0 Å². The van der Waals surface area contributed by atoms with E-state index in [0.29, 0.717) is 27.7 Å². The number of carbonyl (C=O) groups excluding carboxylic acids is 1. The molecule has 0 radical (unpaired) electrons. The number of rotatable bonds is 7. The molecular formula is C23H24F4N8O2. The van der Waals surface area contributed by atoms with Crippen LogP contribution < -0.4 is 10.1 Å². The Kier molecular flexibility index (Phi) is 6.33. The number of nitrogens with one attached hydrogen (secondary N) is 1. The standard InChI is InChI=1S/C23H24F4N8O2/c1-3-19(36)33-8-7-17(23(26,27)12-33)28-22-29-21(37-2)20-14(6-9-34(20)31-22)13-4-5-15-16(10-13)35(32-30-15)11-18(24)25/h4-6,9-10,17-18H,3,7-8,11-12H2,1-2H3,(H,28,31). The Bertz CT molecular complexity index is 1450. The molecule has 1 aliphatic rings. The molecule has 0 saturated carbocycles. The van der Waals surface area contributed by atoms with E-state index >= 15 is 0 Å². The highest BCUT2D eigenvalue weighted by Crippen LogP contribution is 2.34. The number of halogens is 4. The van der Waals surface area contributed by atoms with Crippen molar-refractivity contribution < 1.29 is 27.1 Å². The zero-order valence-corrected chi connectivity index (χ0v) is 20.0. The fraction of sp³-hybridized carbons (Fsp3) is 0.435. The Labute approximate surface area is 208 Å². The number of benzene rings is 1. The summed E-state index contributed by atoms with van der Waals surface area (Å²) in [5.74, 6) is -3.41. The molecular weight excluding hydrogens is 496 g/mol. The van der Waals surface area contributed by atoms with E-state index in [-0.39, 0.29) is 37.1 Å². The summed E-state index contributed by atoms with van der Waals surface area (Å²) in [7, 11) is 1.40. The van der Waals surface area contributed by atoms with Gasteiger partial charge >= 0.3 is 0 Å². The van der Waals surface area contributed by atoms with E-state index in [2.05, 4.69) is 25.7 Å². The van der Waals surface area contributed by atoms with Crippen molar-refractivity contribution in [3.05, 3.63) is 30.5 Å². The second kappa shape index (κ2) is 9.48. The molecule has 37 heavy (non-hydrogen) atoms. The van der Waals surface area contributed by atoms with Crippen molar-refractivity contribution >= 4 is 28.4 Å². The zero-order valence-electron chi connectivity index (χ0n) is 20.0. The van der Waals surface area contributed by atoms with Crippen molar-refractivity contribution in [2.45, 2.75) is 44.7 Å². The molecule has 1 aromatic carbocycles. The predicted molar refractivity (Wildman–Crippen MR) is 126 cm³/mol. The van der Waals surface area contributed by atoms with Crippen LogP contribution in [-0.2, 0) is 11.3 Å². The Morgan fingerprint density at radius 1 is 1.30 bits per heavy atom. The first-order valence-electron chi connectivity index (χ1n) is 11.7. The van der Waals surface area contributed by atoms with Gasteiger partial charge in [0.15, 0.2) is 0 Å². The Morgan fingerprint density at radius 3 is 2.81 bits per heavy atom. The van der Waals surface area contributed by atoms with Gasteiger partial charge in [0.2, 0.25) is 17.7 Å². The first-order chi connectivity index (χ1) is 17.7. The van der Waals surface area contributed by atoms with Crippen molar-refractivity contribution in [1.29, 1.82) is 0 Å². The number of aromatic nitrogens is 6. The number of methoxy groups -OCH3 is 1. The Hall–Kier alpha value is -3.97. The fourth-order valence-electron chi connectivity index (χ4n) is 4.54. The molecule has 4 aromatic rings. The molecule has 3 aromatic heterocycles. The van der Waals surface area contributed by atoms with Crippen LogP contribution in [0.2, 0.25) is 0 Å². The Morgan fingerprint density at radius 2 is 2.11 bits per heavy atom. The molecule has 1 N–H and O–H groups in total. The highest BCUT2D eigenvalue weighted by molar-refractivity contribution is 5.89. The smallest absolute Gasteiger partial charge is 0.285 e. The molecule has 1 saturated heterocycles. The van der Waals surface area contributed by atoms with Gasteiger partial charge in [-0.15, -0.1) is 10.2 Å². The van der Waals surface area contributed by atoms with E-state index in [1.54, 1.807) is 37.4 Å². The van der Waals surface area contributed by atoms with Crippen LogP contribution in [0.3, 0.4) is 0 Å². The van der Waals surface area contributed by atoms with E-state index in [9.17, 15) is 22.4 Å². The molecule has 4 heterocycles. The number of piperidine rings is 1. The van der Waals surface area contributed by atoms with Gasteiger partial charge in [0.1, 0.15) is 17.6 Å². The molecule has 0 bridgehead atoms. The maximum atomic E-state index is 14.8. The highest BCUT2D eigenvalue weighted by atomic mass is 19.3. The van der Waals surface area contributed by atoms with Crippen molar-refractivity contribution in [3.63, 3.8) is 0 Å². The summed E-state index contributed by atoms with van der Waals surface area (Å²) in [6.45, 7) is 0.572. The van der Waals surface area contributed by atoms with Crippen molar-refractivity contribution in [2.24, 2.45) is 0 Å². The second-order valence-corrected chi connectivity index (χ2v) is 8.75. The molecule has 14 heteroatoms. The van der Waals surface area contributed by atoms with Gasteiger partial charge < -0.3 is 15.0 Å². The first-order valence-corrected chi connectivity index (χ1v) is 11.7. The summed E-state index contributed by atoms with van der Waals surface area (Å²) in [6, 6.07) is 5.59. The maximum absolute atomic E-state index is 14.8. The van der Waals surface area contributed by atoms with Crippen LogP contribution in [0.25, 0.3) is 27.7 Å². The van der Waals surface area contributed by atoms with Gasteiger partial charge in [-0.25, -0.2) is 26.8 Å². The lowest BCUT2D eigenvalue weighted by atomic mass is 10.0. The minimum atomic E-state index is -3.18. The van der Waals surface area contributed by atoms with Crippen LogP contribution in [0.5, 0.6) is 5.88 Å². The number of carbonyl (C=O) groups is 1. The van der Waals surface area contributed by atoms with Gasteiger partial charge in [0.25, 0.3) is 12.3 Å². The minimum Gasteiger partial charge on any atom is -0.479 e. The predicted octanol–water partition coefficient (Wildman–Crippen LogP) is 3.47. The van der Waals surface area contributed by atoms with Gasteiger partial charge in [-0.05, 0) is 30.2 Å². The SMILES string of the molecule is CCC(=O)N1CCC(Nc2nc(OC)c3c(-c4ccc5nnn(CC(F)F)c5c4)ccn3n2)C(F)(F)C1. The molecule has 5 rings (SSSR count). The molecule has 1 fully saturated rings. The van der Waals surface area contributed by atoms with Gasteiger partial charge in [0, 0.05) is 24.7 Å². The molecule has 0 spiro atoms. The van der Waals surface area contributed by atoms with Gasteiger partial charge in [-0.3, -0.25) is 4.79 Å². The average Bonchev–Trinajstić information content (AvgIpc) is 3.47. The lowest BCUT2D eigenvalue weighted by molar-refractivity contribution is -0.142. The minimum absolute atomic E-state index is 0.0275. The van der Waals surface area contributed by atoms with E-state index in [1.165, 1.54) is 16.5 Å². The van der Waals surface area contributed by atoms with E-state index in [1.807, 2.05) is 0 Å². The number of likely N-dealkylation sites (tertiary alicyclic amines) is 1. The molecule has 1 unspecified atom stereocenters. The van der Waals surface area contributed by atoms with Crippen molar-refractivity contribution in [1.82, 2.24) is 34.5 Å². The second-order valence-electron chi connectivity index (χ2n) is 8.75. The molecule has 196 valence electrons. The van der Waals surface area contributed by atoms with Gasteiger partial charge in [-0.1, -0.05) is 18.2 Å². The number of nitrogens with zero attached hydrogens (tertiary/aromatic N) is 7. The number of hydrogen-bond acceptors (Lipinski definition) is 7. The summed E-state index contributed by atoms with van der Waals surface area (Å²) in [6.07, 6.45) is -0.770. The fourth-order valence-corrected chi connectivity index (χ4v) is 4.54. The topological polar surface area (TPSA) is 102 Å². The lowest BCUT2D eigenvalue weighted by Gasteiger charge is -2.38. The summed E-state index contributed by atoms with van der Waals surface area (Å²) >= 11 is 0. The van der Waals surface area contributed by atoms with E-state index in [4.69, 9.17) is 4.74 Å². The first kappa shape index (κ1) is 24.7. The molecule has 1 atom stereocenters. The monoisotopic (exact) mass is 520 g/mol.